The van der Waals surface area contributed by atoms with E-state index in [4.69, 9.17) is 4.74 Å². The molecule has 7 heteroatoms. The van der Waals surface area contributed by atoms with E-state index >= 15 is 0 Å². The minimum atomic E-state index is -0.667. The molecule has 23 heavy (non-hydrogen) atoms. The van der Waals surface area contributed by atoms with Crippen LogP contribution in [0.4, 0.5) is 10.6 Å². The highest BCUT2D eigenvalue weighted by Gasteiger charge is 2.25. The number of anilines is 1. The number of nitrogens with one attached hydrogen (secondary N) is 2. The van der Waals surface area contributed by atoms with Crippen molar-refractivity contribution in [2.75, 3.05) is 5.32 Å². The summed E-state index contributed by atoms with van der Waals surface area (Å²) in [6.45, 7) is 11.2. The quantitative estimate of drug-likeness (QED) is 0.872. The van der Waals surface area contributed by atoms with Crippen LogP contribution in [0, 0.1) is 12.8 Å². The molecule has 0 spiro atoms. The molecule has 0 fully saturated rings. The van der Waals surface area contributed by atoms with E-state index in [-0.39, 0.29) is 11.8 Å². The van der Waals surface area contributed by atoms with Gasteiger partial charge in [0.1, 0.15) is 17.5 Å². The van der Waals surface area contributed by atoms with Crippen LogP contribution in [0.2, 0.25) is 0 Å². The number of rotatable bonds is 5. The Balaban J connectivity index is 2.78. The molecule has 7 nitrogen and oxygen atoms in total. The maximum absolute atomic E-state index is 12.5. The van der Waals surface area contributed by atoms with Crippen molar-refractivity contribution in [1.29, 1.82) is 0 Å². The Morgan fingerprint density at radius 3 is 2.39 bits per heavy atom. The molecule has 1 unspecified atom stereocenters. The Morgan fingerprint density at radius 2 is 1.96 bits per heavy atom. The highest BCUT2D eigenvalue weighted by Crippen LogP contribution is 2.13. The van der Waals surface area contributed by atoms with Crippen molar-refractivity contribution >= 4 is 17.8 Å². The van der Waals surface area contributed by atoms with Crippen molar-refractivity contribution in [3.8, 4) is 0 Å². The molecule has 1 aromatic rings. The first-order valence-corrected chi connectivity index (χ1v) is 7.79. The Morgan fingerprint density at radius 1 is 1.35 bits per heavy atom. The van der Waals surface area contributed by atoms with Gasteiger partial charge in [-0.15, -0.1) is 0 Å². The predicted molar refractivity (Wildman–Crippen MR) is 89.2 cm³/mol. The van der Waals surface area contributed by atoms with E-state index in [9.17, 15) is 9.59 Å². The summed E-state index contributed by atoms with van der Waals surface area (Å²) >= 11 is 0. The first kappa shape index (κ1) is 19.0. The van der Waals surface area contributed by atoms with Gasteiger partial charge in [-0.25, -0.2) is 4.79 Å². The monoisotopic (exact) mass is 324 g/mol. The van der Waals surface area contributed by atoms with Gasteiger partial charge in [-0.2, -0.15) is 5.10 Å². The number of amides is 2. The van der Waals surface area contributed by atoms with Crippen molar-refractivity contribution in [2.24, 2.45) is 13.0 Å². The van der Waals surface area contributed by atoms with Crippen LogP contribution in [-0.2, 0) is 16.6 Å². The second kappa shape index (κ2) is 7.48. The van der Waals surface area contributed by atoms with Crippen LogP contribution >= 0.6 is 0 Å². The summed E-state index contributed by atoms with van der Waals surface area (Å²) in [4.78, 5) is 24.4. The molecular formula is C16H28N4O3. The zero-order chi connectivity index (χ0) is 17.8. The second-order valence-corrected chi connectivity index (χ2v) is 7.11. The van der Waals surface area contributed by atoms with Crippen molar-refractivity contribution in [3.05, 3.63) is 11.8 Å². The Labute approximate surface area is 137 Å². The standard InChI is InChI=1S/C16H28N4O3/c1-10(2)8-12(17-15(22)23-16(4,5)6)14(21)18-13-9-11(3)19-20(13)7/h9-10,12H,8H2,1-7H3,(H,17,22)(H,18,21). The minimum Gasteiger partial charge on any atom is -0.444 e. The lowest BCUT2D eigenvalue weighted by atomic mass is 10.0. The fraction of sp³-hybridized carbons (Fsp3) is 0.688. The van der Waals surface area contributed by atoms with Gasteiger partial charge in [0.25, 0.3) is 0 Å². The van der Waals surface area contributed by atoms with Gasteiger partial charge in [-0.1, -0.05) is 13.8 Å². The average Bonchev–Trinajstić information content (AvgIpc) is 2.63. The molecule has 0 bridgehead atoms. The lowest BCUT2D eigenvalue weighted by Crippen LogP contribution is -2.46. The van der Waals surface area contributed by atoms with E-state index in [0.29, 0.717) is 12.2 Å². The zero-order valence-corrected chi connectivity index (χ0v) is 15.1. The number of carbonyl (C=O) groups excluding carboxylic acids is 2. The number of hydrogen-bond donors (Lipinski definition) is 2. The molecule has 1 heterocycles. The first-order valence-electron chi connectivity index (χ1n) is 7.79. The smallest absolute Gasteiger partial charge is 0.408 e. The fourth-order valence-electron chi connectivity index (χ4n) is 2.09. The van der Waals surface area contributed by atoms with Gasteiger partial charge >= 0.3 is 6.09 Å². The summed E-state index contributed by atoms with van der Waals surface area (Å²) in [6, 6.07) is 1.11. The summed E-state index contributed by atoms with van der Waals surface area (Å²) in [5.41, 5.74) is 0.200. The zero-order valence-electron chi connectivity index (χ0n) is 15.1. The van der Waals surface area contributed by atoms with Crippen LogP contribution < -0.4 is 10.6 Å². The third-order valence-electron chi connectivity index (χ3n) is 2.97. The van der Waals surface area contributed by atoms with Crippen LogP contribution in [0.25, 0.3) is 0 Å². The van der Waals surface area contributed by atoms with Gasteiger partial charge in [0, 0.05) is 13.1 Å². The number of alkyl carbamates (subject to hydrolysis) is 1. The Hall–Kier alpha value is -2.05. The normalized spacial score (nSPS) is 12.9. The molecule has 130 valence electrons. The maximum Gasteiger partial charge on any atom is 0.408 e. The van der Waals surface area contributed by atoms with E-state index in [1.807, 2.05) is 20.8 Å². The predicted octanol–water partition coefficient (Wildman–Crippen LogP) is 2.61. The molecule has 0 aliphatic rings. The number of ether oxygens (including phenoxy) is 1. The first-order chi connectivity index (χ1) is 10.5. The van der Waals surface area contributed by atoms with Gasteiger partial charge in [0.15, 0.2) is 0 Å². The van der Waals surface area contributed by atoms with E-state index in [1.165, 1.54) is 0 Å². The lowest BCUT2D eigenvalue weighted by Gasteiger charge is -2.24. The molecule has 1 aromatic heterocycles. The molecule has 0 saturated heterocycles. The van der Waals surface area contributed by atoms with Crippen molar-refractivity contribution < 1.29 is 14.3 Å². The van der Waals surface area contributed by atoms with E-state index < -0.39 is 17.7 Å². The van der Waals surface area contributed by atoms with Crippen LogP contribution in [-0.4, -0.2) is 33.4 Å². The molecule has 0 aromatic carbocycles. The van der Waals surface area contributed by atoms with Gasteiger partial charge in [-0.05, 0) is 40.0 Å². The van der Waals surface area contributed by atoms with Gasteiger partial charge < -0.3 is 15.4 Å². The number of aryl methyl sites for hydroxylation is 2. The summed E-state index contributed by atoms with van der Waals surface area (Å²) < 4.78 is 6.82. The van der Waals surface area contributed by atoms with E-state index in [1.54, 1.807) is 38.6 Å². The third kappa shape index (κ3) is 6.71. The van der Waals surface area contributed by atoms with Gasteiger partial charge in [-0.3, -0.25) is 9.48 Å². The summed E-state index contributed by atoms with van der Waals surface area (Å²) in [6.07, 6.45) is -0.0819. The molecule has 0 aliphatic heterocycles. The highest BCUT2D eigenvalue weighted by molar-refractivity contribution is 5.96. The number of nitrogens with zero attached hydrogens (tertiary/aromatic N) is 2. The maximum atomic E-state index is 12.5. The highest BCUT2D eigenvalue weighted by atomic mass is 16.6. The van der Waals surface area contributed by atoms with E-state index in [0.717, 1.165) is 5.69 Å². The van der Waals surface area contributed by atoms with Crippen molar-refractivity contribution in [2.45, 2.75) is 59.6 Å². The molecule has 1 rings (SSSR count). The van der Waals surface area contributed by atoms with Crippen molar-refractivity contribution in [1.82, 2.24) is 15.1 Å². The summed E-state index contributed by atoms with van der Waals surface area (Å²) in [5, 5.41) is 9.63. The van der Waals surface area contributed by atoms with Crippen molar-refractivity contribution in [3.63, 3.8) is 0 Å². The minimum absolute atomic E-state index is 0.244. The number of aromatic nitrogens is 2. The molecule has 2 amide bonds. The topological polar surface area (TPSA) is 85.3 Å². The largest absolute Gasteiger partial charge is 0.444 e. The summed E-state index contributed by atoms with van der Waals surface area (Å²) in [7, 11) is 1.75. The third-order valence-corrected chi connectivity index (χ3v) is 2.97. The molecule has 0 radical (unpaired) electrons. The Bertz CT molecular complexity index is 558. The average molecular weight is 324 g/mol. The lowest BCUT2D eigenvalue weighted by molar-refractivity contribution is -0.118. The SMILES string of the molecule is Cc1cc(NC(=O)C(CC(C)C)NC(=O)OC(C)(C)C)n(C)n1. The van der Waals surface area contributed by atoms with E-state index in [2.05, 4.69) is 15.7 Å². The molecule has 2 N–H and O–H groups in total. The molecule has 1 atom stereocenters. The van der Waals surface area contributed by atoms with Gasteiger partial charge in [0.2, 0.25) is 5.91 Å². The second-order valence-electron chi connectivity index (χ2n) is 7.11. The number of carbonyl (C=O) groups is 2. The summed E-state index contributed by atoms with van der Waals surface area (Å²) in [5.74, 6) is 0.550. The number of hydrogen-bond acceptors (Lipinski definition) is 4. The molecular weight excluding hydrogens is 296 g/mol. The van der Waals surface area contributed by atoms with Crippen LogP contribution in [0.3, 0.4) is 0 Å². The van der Waals surface area contributed by atoms with Gasteiger partial charge in [0.05, 0.1) is 5.69 Å². The fourth-order valence-corrected chi connectivity index (χ4v) is 2.09. The molecule has 0 saturated carbocycles. The van der Waals surface area contributed by atoms with Crippen LogP contribution in [0.5, 0.6) is 0 Å². The van der Waals surface area contributed by atoms with Crippen LogP contribution in [0.15, 0.2) is 6.07 Å². The molecule has 0 aliphatic carbocycles. The van der Waals surface area contributed by atoms with Crippen LogP contribution in [0.1, 0.15) is 46.7 Å². The Kier molecular flexibility index (Phi) is 6.18.